The Morgan fingerprint density at radius 3 is 2.06 bits per heavy atom. The Balaban J connectivity index is 1.81. The quantitative estimate of drug-likeness (QED) is 0.783. The van der Waals surface area contributed by atoms with Gasteiger partial charge in [0, 0.05) is 5.54 Å². The molecule has 0 heterocycles. The highest BCUT2D eigenvalue weighted by Gasteiger charge is 2.69. The van der Waals surface area contributed by atoms with Crippen LogP contribution in [0.15, 0.2) is 0 Å². The molecule has 16 heavy (non-hydrogen) atoms. The molecule has 0 atom stereocenters. The molecule has 91 valence electrons. The Kier molecular flexibility index (Phi) is 2.31. The molecule has 0 unspecified atom stereocenters. The summed E-state index contributed by atoms with van der Waals surface area (Å²) >= 11 is 0. The summed E-state index contributed by atoms with van der Waals surface area (Å²) in [5, 5.41) is 3.02. The van der Waals surface area contributed by atoms with E-state index in [1.54, 1.807) is 0 Å². The Labute approximate surface area is 97.9 Å². The molecule has 3 aliphatic carbocycles. The van der Waals surface area contributed by atoms with E-state index < -0.39 is 5.60 Å². The van der Waals surface area contributed by atoms with Crippen molar-refractivity contribution in [3.05, 3.63) is 5.92 Å². The van der Waals surface area contributed by atoms with Crippen molar-refractivity contribution in [3.8, 4) is 0 Å². The van der Waals surface area contributed by atoms with Gasteiger partial charge in [0.25, 0.3) is 0 Å². The fourth-order valence-corrected chi connectivity index (χ4v) is 2.97. The van der Waals surface area contributed by atoms with Gasteiger partial charge in [0.2, 0.25) is 0 Å². The third kappa shape index (κ3) is 1.80. The van der Waals surface area contributed by atoms with Crippen molar-refractivity contribution in [3.63, 3.8) is 0 Å². The summed E-state index contributed by atoms with van der Waals surface area (Å²) in [4.78, 5) is 11.6. The van der Waals surface area contributed by atoms with Crippen LogP contribution in [0.5, 0.6) is 0 Å². The van der Waals surface area contributed by atoms with Crippen molar-refractivity contribution in [1.82, 2.24) is 5.32 Å². The van der Waals surface area contributed by atoms with Crippen LogP contribution >= 0.6 is 0 Å². The predicted molar refractivity (Wildman–Crippen MR) is 63.0 cm³/mol. The number of hydrogen-bond acceptors (Lipinski definition) is 2. The monoisotopic (exact) mass is 224 g/mol. The van der Waals surface area contributed by atoms with Crippen molar-refractivity contribution < 1.29 is 9.53 Å². The molecule has 0 saturated heterocycles. The van der Waals surface area contributed by atoms with E-state index in [4.69, 9.17) is 4.74 Å². The van der Waals surface area contributed by atoms with Gasteiger partial charge >= 0.3 is 6.09 Å². The molecule has 3 rings (SSSR count). The Hall–Kier alpha value is -0.730. The second kappa shape index (κ2) is 3.14. The fourth-order valence-electron chi connectivity index (χ4n) is 2.97. The number of rotatable bonds is 2. The highest BCUT2D eigenvalue weighted by molar-refractivity contribution is 5.70. The summed E-state index contributed by atoms with van der Waals surface area (Å²) in [6.07, 6.45) is 3.03. The molecule has 1 N–H and O–H groups in total. The van der Waals surface area contributed by atoms with Gasteiger partial charge in [-0.3, -0.25) is 0 Å². The number of ether oxygens (including phenoxy) is 1. The van der Waals surface area contributed by atoms with Crippen LogP contribution in [-0.4, -0.2) is 17.2 Å². The lowest BCUT2D eigenvalue weighted by atomic mass is 9.36. The molecule has 3 saturated carbocycles. The lowest BCUT2D eigenvalue weighted by Crippen LogP contribution is -2.75. The van der Waals surface area contributed by atoms with E-state index in [1.165, 1.54) is 5.92 Å². The van der Waals surface area contributed by atoms with Crippen LogP contribution in [0.2, 0.25) is 0 Å². The van der Waals surface area contributed by atoms with Crippen LogP contribution in [-0.2, 0) is 4.74 Å². The molecule has 2 bridgehead atoms. The summed E-state index contributed by atoms with van der Waals surface area (Å²) in [5.41, 5.74) is 0.0900. The van der Waals surface area contributed by atoms with E-state index in [0.29, 0.717) is 5.41 Å². The molecule has 3 nitrogen and oxygen atoms in total. The Bertz CT molecular complexity index is 295. The lowest BCUT2D eigenvalue weighted by molar-refractivity contribution is -0.138. The van der Waals surface area contributed by atoms with Crippen molar-refractivity contribution in [2.45, 2.75) is 65.0 Å². The average molecular weight is 224 g/mol. The number of amides is 1. The van der Waals surface area contributed by atoms with Crippen LogP contribution < -0.4 is 5.32 Å². The first kappa shape index (κ1) is 11.7. The molecule has 3 heteroatoms. The van der Waals surface area contributed by atoms with Crippen molar-refractivity contribution in [1.29, 1.82) is 0 Å². The topological polar surface area (TPSA) is 38.3 Å². The van der Waals surface area contributed by atoms with Gasteiger partial charge in [-0.25, -0.2) is 4.79 Å². The fraction of sp³-hybridized carbons (Fsp3) is 0.846. The summed E-state index contributed by atoms with van der Waals surface area (Å²) in [6, 6.07) is 0. The summed E-state index contributed by atoms with van der Waals surface area (Å²) in [5.74, 6) is 1.50. The van der Waals surface area contributed by atoms with Crippen LogP contribution in [0.4, 0.5) is 4.79 Å². The molecule has 0 aliphatic heterocycles. The zero-order valence-electron chi connectivity index (χ0n) is 10.9. The zero-order valence-corrected chi connectivity index (χ0v) is 10.9. The van der Waals surface area contributed by atoms with Crippen molar-refractivity contribution in [2.24, 2.45) is 5.41 Å². The van der Waals surface area contributed by atoms with Gasteiger partial charge in [-0.1, -0.05) is 13.8 Å². The third-order valence-electron chi connectivity index (χ3n) is 3.86. The van der Waals surface area contributed by atoms with Crippen molar-refractivity contribution >= 4 is 6.09 Å². The maximum absolute atomic E-state index is 11.6. The normalized spacial score (nSPS) is 36.4. The first-order chi connectivity index (χ1) is 7.17. The van der Waals surface area contributed by atoms with E-state index >= 15 is 0 Å². The zero-order chi connectivity index (χ0) is 12.2. The van der Waals surface area contributed by atoms with Gasteiger partial charge in [-0.05, 0) is 51.4 Å². The molecule has 3 aliphatic rings. The van der Waals surface area contributed by atoms with Gasteiger partial charge < -0.3 is 10.1 Å². The second-order valence-corrected chi connectivity index (χ2v) is 6.72. The maximum Gasteiger partial charge on any atom is 0.408 e. The van der Waals surface area contributed by atoms with Gasteiger partial charge in [0.05, 0.1) is 0 Å². The van der Waals surface area contributed by atoms with E-state index in [1.807, 2.05) is 20.8 Å². The highest BCUT2D eigenvalue weighted by atomic mass is 16.6. The minimum Gasteiger partial charge on any atom is -0.444 e. The van der Waals surface area contributed by atoms with E-state index in [9.17, 15) is 4.79 Å². The molecular weight excluding hydrogens is 202 g/mol. The minimum atomic E-state index is -0.405. The lowest BCUT2D eigenvalue weighted by Gasteiger charge is -2.72. The Morgan fingerprint density at radius 2 is 1.69 bits per heavy atom. The summed E-state index contributed by atoms with van der Waals surface area (Å²) < 4.78 is 5.27. The largest absolute Gasteiger partial charge is 0.444 e. The smallest absolute Gasteiger partial charge is 0.408 e. The predicted octanol–water partition coefficient (Wildman–Crippen LogP) is 3.05. The van der Waals surface area contributed by atoms with Crippen LogP contribution in [0.3, 0.4) is 0 Å². The molecule has 3 fully saturated rings. The van der Waals surface area contributed by atoms with Crippen LogP contribution in [0, 0.1) is 11.3 Å². The standard InChI is InChI=1S/C13H22NO2/c1-9(2)12-6-13(7-12,8-12)14-10(15)16-11(3,4)5/h6-8H2,1-5H3,(H,14,15). The van der Waals surface area contributed by atoms with Gasteiger partial charge in [-0.2, -0.15) is 0 Å². The number of carbonyl (C=O) groups excluding carboxylic acids is 1. The summed E-state index contributed by atoms with van der Waals surface area (Å²) in [6.45, 7) is 10.0. The number of carbonyl (C=O) groups is 1. The van der Waals surface area contributed by atoms with Gasteiger partial charge in [0.15, 0.2) is 0 Å². The van der Waals surface area contributed by atoms with Crippen molar-refractivity contribution in [2.75, 3.05) is 0 Å². The van der Waals surface area contributed by atoms with E-state index in [0.717, 1.165) is 19.3 Å². The molecule has 1 radical (unpaired) electrons. The highest BCUT2D eigenvalue weighted by Crippen LogP contribution is 2.71. The minimum absolute atomic E-state index is 0.0552. The van der Waals surface area contributed by atoms with E-state index in [2.05, 4.69) is 19.2 Å². The number of nitrogens with one attached hydrogen (secondary N) is 1. The van der Waals surface area contributed by atoms with Crippen LogP contribution in [0.25, 0.3) is 0 Å². The average Bonchev–Trinajstić information content (AvgIpc) is 1.88. The molecule has 0 aromatic heterocycles. The maximum atomic E-state index is 11.6. The third-order valence-corrected chi connectivity index (χ3v) is 3.86. The molecule has 0 spiro atoms. The van der Waals surface area contributed by atoms with Crippen LogP contribution in [0.1, 0.15) is 53.9 Å². The first-order valence-corrected chi connectivity index (χ1v) is 5.98. The molecule has 0 aromatic rings. The number of alkyl carbamates (subject to hydrolysis) is 1. The van der Waals surface area contributed by atoms with Gasteiger partial charge in [-0.15, -0.1) is 0 Å². The van der Waals surface area contributed by atoms with Gasteiger partial charge in [0.1, 0.15) is 5.60 Å². The summed E-state index contributed by atoms with van der Waals surface area (Å²) in [7, 11) is 0. The second-order valence-electron chi connectivity index (χ2n) is 6.72. The molecule has 0 aromatic carbocycles. The number of hydrogen-bond donors (Lipinski definition) is 1. The molecule has 1 amide bonds. The molecular formula is C13H22NO2. The van der Waals surface area contributed by atoms with E-state index in [-0.39, 0.29) is 11.6 Å². The first-order valence-electron chi connectivity index (χ1n) is 5.98. The Morgan fingerprint density at radius 1 is 1.19 bits per heavy atom. The SMILES string of the molecule is C[C](C)C12CC(NC(=O)OC(C)(C)C)(C1)C2.